The lowest BCUT2D eigenvalue weighted by atomic mass is 10.5. The van der Waals surface area contributed by atoms with E-state index in [0.717, 1.165) is 6.54 Å². The van der Waals surface area contributed by atoms with Crippen molar-refractivity contribution in [2.75, 3.05) is 18.4 Å². The summed E-state index contributed by atoms with van der Waals surface area (Å²) in [7, 11) is 0. The molecule has 5 heteroatoms. The van der Waals surface area contributed by atoms with Crippen LogP contribution in [0.15, 0.2) is 17.0 Å². The second-order valence-corrected chi connectivity index (χ2v) is 2.24. The fraction of sp³-hybridized carbons (Fsp3) is 0.429. The van der Waals surface area contributed by atoms with E-state index in [0.29, 0.717) is 12.2 Å². The Morgan fingerprint density at radius 1 is 1.75 bits per heavy atom. The third-order valence-electron chi connectivity index (χ3n) is 1.25. The van der Waals surface area contributed by atoms with Crippen LogP contribution in [0.5, 0.6) is 0 Å². The molecule has 66 valence electrons. The van der Waals surface area contributed by atoms with E-state index < -0.39 is 0 Å². The molecular formula is C7H11N3O2. The van der Waals surface area contributed by atoms with Crippen LogP contribution in [0.2, 0.25) is 0 Å². The van der Waals surface area contributed by atoms with Crippen molar-refractivity contribution >= 4 is 11.6 Å². The van der Waals surface area contributed by atoms with Crippen molar-refractivity contribution in [1.82, 2.24) is 10.5 Å². The Kier molecular flexibility index (Phi) is 3.28. The summed E-state index contributed by atoms with van der Waals surface area (Å²) in [6.07, 6.45) is 2.83. The predicted molar refractivity (Wildman–Crippen MR) is 43.7 cm³/mol. The van der Waals surface area contributed by atoms with Crippen LogP contribution in [0.4, 0.5) is 5.69 Å². The molecule has 0 fully saturated rings. The highest BCUT2D eigenvalue weighted by molar-refractivity contribution is 5.91. The fourth-order valence-electron chi connectivity index (χ4n) is 0.710. The Bertz CT molecular complexity index is 233. The number of nitrogens with one attached hydrogen (secondary N) is 2. The highest BCUT2D eigenvalue weighted by atomic mass is 16.5. The fourth-order valence-corrected chi connectivity index (χ4v) is 0.710. The van der Waals surface area contributed by atoms with E-state index in [1.807, 2.05) is 6.92 Å². The SMILES string of the molecule is CCNCC(=O)Nc1cnoc1. The first kappa shape index (κ1) is 8.73. The molecule has 0 radical (unpaired) electrons. The largest absolute Gasteiger partial charge is 0.363 e. The maximum atomic E-state index is 11.0. The summed E-state index contributed by atoms with van der Waals surface area (Å²) in [4.78, 5) is 11.0. The maximum Gasteiger partial charge on any atom is 0.238 e. The highest BCUT2D eigenvalue weighted by Gasteiger charge is 2.01. The first-order chi connectivity index (χ1) is 5.83. The van der Waals surface area contributed by atoms with Gasteiger partial charge in [0.05, 0.1) is 12.7 Å². The summed E-state index contributed by atoms with van der Waals surface area (Å²) >= 11 is 0. The third kappa shape index (κ3) is 2.71. The van der Waals surface area contributed by atoms with Gasteiger partial charge in [0, 0.05) is 0 Å². The van der Waals surface area contributed by atoms with Gasteiger partial charge in [-0.25, -0.2) is 0 Å². The first-order valence-corrected chi connectivity index (χ1v) is 3.73. The second-order valence-electron chi connectivity index (χ2n) is 2.24. The molecule has 5 nitrogen and oxygen atoms in total. The van der Waals surface area contributed by atoms with Crippen LogP contribution in [-0.4, -0.2) is 24.2 Å². The number of carbonyl (C=O) groups excluding carboxylic acids is 1. The molecular weight excluding hydrogens is 158 g/mol. The van der Waals surface area contributed by atoms with E-state index >= 15 is 0 Å². The molecule has 0 aliphatic carbocycles. The number of anilines is 1. The summed E-state index contributed by atoms with van der Waals surface area (Å²) in [6.45, 7) is 3.02. The number of amides is 1. The van der Waals surface area contributed by atoms with E-state index in [-0.39, 0.29) is 5.91 Å². The quantitative estimate of drug-likeness (QED) is 0.676. The van der Waals surface area contributed by atoms with Gasteiger partial charge in [-0.2, -0.15) is 0 Å². The Hall–Kier alpha value is -1.36. The number of nitrogens with zero attached hydrogens (tertiary/aromatic N) is 1. The monoisotopic (exact) mass is 169 g/mol. The van der Waals surface area contributed by atoms with Crippen LogP contribution in [-0.2, 0) is 4.79 Å². The van der Waals surface area contributed by atoms with Gasteiger partial charge >= 0.3 is 0 Å². The number of hydrogen-bond donors (Lipinski definition) is 2. The zero-order valence-electron chi connectivity index (χ0n) is 6.83. The highest BCUT2D eigenvalue weighted by Crippen LogP contribution is 2.01. The summed E-state index contributed by atoms with van der Waals surface area (Å²) in [5.74, 6) is -0.0972. The Labute approximate surface area is 70.1 Å². The summed E-state index contributed by atoms with van der Waals surface area (Å²) in [5.41, 5.74) is 0.581. The van der Waals surface area contributed by atoms with E-state index in [1.54, 1.807) is 0 Å². The molecule has 2 N–H and O–H groups in total. The van der Waals surface area contributed by atoms with Crippen molar-refractivity contribution in [2.24, 2.45) is 0 Å². The molecule has 0 unspecified atom stereocenters. The summed E-state index contributed by atoms with van der Waals surface area (Å²) in [5, 5.41) is 8.94. The molecule has 0 bridgehead atoms. The van der Waals surface area contributed by atoms with E-state index in [1.165, 1.54) is 12.5 Å². The van der Waals surface area contributed by atoms with Crippen LogP contribution < -0.4 is 10.6 Å². The predicted octanol–water partition coefficient (Wildman–Crippen LogP) is 0.223. The lowest BCUT2D eigenvalue weighted by Crippen LogP contribution is -2.27. The smallest absolute Gasteiger partial charge is 0.238 e. The van der Waals surface area contributed by atoms with Gasteiger partial charge in [0.2, 0.25) is 5.91 Å². The van der Waals surface area contributed by atoms with Gasteiger partial charge in [-0.15, -0.1) is 0 Å². The maximum absolute atomic E-state index is 11.0. The minimum Gasteiger partial charge on any atom is -0.363 e. The number of rotatable bonds is 4. The average molecular weight is 169 g/mol. The van der Waals surface area contributed by atoms with Gasteiger partial charge in [0.1, 0.15) is 12.0 Å². The molecule has 1 amide bonds. The van der Waals surface area contributed by atoms with Crippen molar-refractivity contribution in [3.05, 3.63) is 12.5 Å². The topological polar surface area (TPSA) is 67.2 Å². The van der Waals surface area contributed by atoms with Crippen LogP contribution in [0, 0.1) is 0 Å². The zero-order valence-corrected chi connectivity index (χ0v) is 6.83. The molecule has 1 rings (SSSR count). The second kappa shape index (κ2) is 4.50. The van der Waals surface area contributed by atoms with E-state index in [2.05, 4.69) is 20.3 Å². The van der Waals surface area contributed by atoms with E-state index in [9.17, 15) is 4.79 Å². The molecule has 1 heterocycles. The van der Waals surface area contributed by atoms with Gasteiger partial charge in [-0.05, 0) is 6.54 Å². The molecule has 0 aliphatic heterocycles. The molecule has 1 aromatic heterocycles. The molecule has 0 atom stereocenters. The normalized spacial score (nSPS) is 9.75. The van der Waals surface area contributed by atoms with Crippen LogP contribution in [0.3, 0.4) is 0 Å². The van der Waals surface area contributed by atoms with Crippen molar-refractivity contribution in [3.63, 3.8) is 0 Å². The molecule has 0 spiro atoms. The Balaban J connectivity index is 2.27. The van der Waals surface area contributed by atoms with Crippen molar-refractivity contribution < 1.29 is 9.32 Å². The summed E-state index contributed by atoms with van der Waals surface area (Å²) < 4.78 is 4.53. The van der Waals surface area contributed by atoms with Gasteiger partial charge < -0.3 is 15.2 Å². The molecule has 12 heavy (non-hydrogen) atoms. The van der Waals surface area contributed by atoms with Crippen molar-refractivity contribution in [2.45, 2.75) is 6.92 Å². The Morgan fingerprint density at radius 2 is 2.58 bits per heavy atom. The standard InChI is InChI=1S/C7H11N3O2/c1-2-8-4-7(11)10-6-3-9-12-5-6/h3,5,8H,2,4H2,1H3,(H,10,11). The zero-order chi connectivity index (χ0) is 8.81. The number of carbonyl (C=O) groups is 1. The minimum atomic E-state index is -0.0972. The van der Waals surface area contributed by atoms with Gasteiger partial charge in [-0.3, -0.25) is 4.79 Å². The van der Waals surface area contributed by atoms with Crippen molar-refractivity contribution in [1.29, 1.82) is 0 Å². The molecule has 0 aliphatic rings. The van der Waals surface area contributed by atoms with Crippen LogP contribution in [0.25, 0.3) is 0 Å². The van der Waals surface area contributed by atoms with Gasteiger partial charge in [0.25, 0.3) is 0 Å². The van der Waals surface area contributed by atoms with Crippen molar-refractivity contribution in [3.8, 4) is 0 Å². The molecule has 0 saturated carbocycles. The lowest BCUT2D eigenvalue weighted by molar-refractivity contribution is -0.115. The van der Waals surface area contributed by atoms with Crippen LogP contribution >= 0.6 is 0 Å². The number of hydrogen-bond acceptors (Lipinski definition) is 4. The Morgan fingerprint density at radius 3 is 3.17 bits per heavy atom. The molecule has 0 saturated heterocycles. The minimum absolute atomic E-state index is 0.0972. The first-order valence-electron chi connectivity index (χ1n) is 3.73. The average Bonchev–Trinajstić information content (AvgIpc) is 2.53. The van der Waals surface area contributed by atoms with Crippen LogP contribution in [0.1, 0.15) is 6.92 Å². The molecule has 0 aromatic carbocycles. The third-order valence-corrected chi connectivity index (χ3v) is 1.25. The molecule has 1 aromatic rings. The van der Waals surface area contributed by atoms with Gasteiger partial charge in [-0.1, -0.05) is 12.1 Å². The number of likely N-dealkylation sites (N-methyl/N-ethyl adjacent to an activating group) is 1. The van der Waals surface area contributed by atoms with E-state index in [4.69, 9.17) is 0 Å². The summed E-state index contributed by atoms with van der Waals surface area (Å²) in [6, 6.07) is 0. The van der Waals surface area contributed by atoms with Gasteiger partial charge in [0.15, 0.2) is 0 Å². The number of aromatic nitrogens is 1. The lowest BCUT2D eigenvalue weighted by Gasteiger charge is -2.00.